The van der Waals surface area contributed by atoms with E-state index in [2.05, 4.69) is 15.7 Å². The first-order valence-electron chi connectivity index (χ1n) is 9.45. The standard InChI is InChI=1S/C21H20ClN5O3/c1-11-7-12(2)17(13(3)8-11)23-16(28)10-26-19-18(24-25-26)20(29)27(21(19)30)15-6-4-5-14(22)9-15/h4-9,18-19H,10H2,1-3H3,(H,23,28)/t18-,19+/m1/s1. The predicted molar refractivity (Wildman–Crippen MR) is 112 cm³/mol. The average molecular weight is 426 g/mol. The Labute approximate surface area is 178 Å². The molecule has 2 aromatic rings. The maximum Gasteiger partial charge on any atom is 0.263 e. The number of carbonyl (C=O) groups is 3. The zero-order valence-electron chi connectivity index (χ0n) is 16.7. The minimum Gasteiger partial charge on any atom is -0.324 e. The molecular formula is C21H20ClN5O3. The molecule has 1 saturated heterocycles. The molecule has 0 saturated carbocycles. The van der Waals surface area contributed by atoms with Crippen LogP contribution in [0.15, 0.2) is 46.7 Å². The lowest BCUT2D eigenvalue weighted by Gasteiger charge is -2.21. The van der Waals surface area contributed by atoms with Crippen LogP contribution in [0.2, 0.25) is 5.02 Å². The predicted octanol–water partition coefficient (Wildman–Crippen LogP) is 3.20. The second-order valence-electron chi connectivity index (χ2n) is 7.51. The number of halogens is 1. The fourth-order valence-electron chi connectivity index (χ4n) is 3.93. The first-order chi connectivity index (χ1) is 14.3. The van der Waals surface area contributed by atoms with Crippen LogP contribution in [0.4, 0.5) is 11.4 Å². The number of anilines is 2. The van der Waals surface area contributed by atoms with Crippen LogP contribution in [-0.4, -0.2) is 41.4 Å². The van der Waals surface area contributed by atoms with Crippen LogP contribution in [0, 0.1) is 20.8 Å². The molecule has 9 heteroatoms. The highest BCUT2D eigenvalue weighted by atomic mass is 35.5. The van der Waals surface area contributed by atoms with Crippen molar-refractivity contribution >= 4 is 40.7 Å². The van der Waals surface area contributed by atoms with Crippen LogP contribution in [0.25, 0.3) is 0 Å². The molecule has 0 aliphatic carbocycles. The molecule has 0 unspecified atom stereocenters. The van der Waals surface area contributed by atoms with E-state index in [0.717, 1.165) is 27.3 Å². The van der Waals surface area contributed by atoms with E-state index in [0.29, 0.717) is 10.7 Å². The van der Waals surface area contributed by atoms with Gasteiger partial charge in [0.15, 0.2) is 12.1 Å². The molecule has 2 heterocycles. The normalized spacial score (nSPS) is 20.1. The summed E-state index contributed by atoms with van der Waals surface area (Å²) < 4.78 is 0. The van der Waals surface area contributed by atoms with Crippen molar-refractivity contribution in [2.24, 2.45) is 10.3 Å². The summed E-state index contributed by atoms with van der Waals surface area (Å²) in [7, 11) is 0. The molecule has 0 aromatic heterocycles. The fraction of sp³-hybridized carbons (Fsp3) is 0.286. The molecule has 1 fully saturated rings. The average Bonchev–Trinajstić information content (AvgIpc) is 3.18. The smallest absolute Gasteiger partial charge is 0.263 e. The highest BCUT2D eigenvalue weighted by Crippen LogP contribution is 2.32. The van der Waals surface area contributed by atoms with Crippen LogP contribution in [0.1, 0.15) is 16.7 Å². The van der Waals surface area contributed by atoms with Crippen molar-refractivity contribution in [3.8, 4) is 0 Å². The summed E-state index contributed by atoms with van der Waals surface area (Å²) in [6.07, 6.45) is 0. The van der Waals surface area contributed by atoms with E-state index in [1.807, 2.05) is 32.9 Å². The number of aryl methyl sites for hydroxylation is 3. The minimum atomic E-state index is -0.966. The lowest BCUT2D eigenvalue weighted by molar-refractivity contribution is -0.123. The second-order valence-corrected chi connectivity index (χ2v) is 7.94. The summed E-state index contributed by atoms with van der Waals surface area (Å²) in [5.74, 6) is -1.30. The first-order valence-corrected chi connectivity index (χ1v) is 9.82. The molecule has 0 radical (unpaired) electrons. The maximum absolute atomic E-state index is 13.0. The molecule has 154 valence electrons. The largest absolute Gasteiger partial charge is 0.324 e. The molecule has 2 aromatic carbocycles. The Morgan fingerprint density at radius 2 is 1.80 bits per heavy atom. The van der Waals surface area contributed by atoms with Crippen molar-refractivity contribution in [3.05, 3.63) is 58.1 Å². The molecule has 0 spiro atoms. The molecule has 3 amide bonds. The Hall–Kier alpha value is -3.26. The van der Waals surface area contributed by atoms with Gasteiger partial charge >= 0.3 is 0 Å². The van der Waals surface area contributed by atoms with Crippen molar-refractivity contribution in [3.63, 3.8) is 0 Å². The Kier molecular flexibility index (Phi) is 5.03. The number of imide groups is 1. The number of benzene rings is 2. The van der Waals surface area contributed by atoms with Crippen LogP contribution in [0.5, 0.6) is 0 Å². The van der Waals surface area contributed by atoms with Gasteiger partial charge in [-0.3, -0.25) is 19.4 Å². The fourth-order valence-corrected chi connectivity index (χ4v) is 4.11. The highest BCUT2D eigenvalue weighted by Gasteiger charge is 2.55. The quantitative estimate of drug-likeness (QED) is 0.761. The summed E-state index contributed by atoms with van der Waals surface area (Å²) in [5.41, 5.74) is 4.10. The zero-order chi connectivity index (χ0) is 21.6. The van der Waals surface area contributed by atoms with Crippen molar-refractivity contribution < 1.29 is 14.4 Å². The van der Waals surface area contributed by atoms with E-state index >= 15 is 0 Å². The number of nitrogens with zero attached hydrogens (tertiary/aromatic N) is 4. The lowest BCUT2D eigenvalue weighted by atomic mass is 10.1. The van der Waals surface area contributed by atoms with Crippen molar-refractivity contribution in [2.75, 3.05) is 16.8 Å². The number of amides is 3. The Balaban J connectivity index is 1.51. The topological polar surface area (TPSA) is 94.4 Å². The number of hydrogen-bond acceptors (Lipinski definition) is 6. The third-order valence-corrected chi connectivity index (χ3v) is 5.41. The van der Waals surface area contributed by atoms with E-state index in [1.165, 1.54) is 11.1 Å². The van der Waals surface area contributed by atoms with Gasteiger partial charge in [-0.1, -0.05) is 40.6 Å². The molecule has 0 bridgehead atoms. The van der Waals surface area contributed by atoms with Gasteiger partial charge < -0.3 is 5.32 Å². The molecule has 8 nitrogen and oxygen atoms in total. The summed E-state index contributed by atoms with van der Waals surface area (Å²) in [5, 5.41) is 12.4. The molecule has 30 heavy (non-hydrogen) atoms. The molecule has 2 aliphatic heterocycles. The van der Waals surface area contributed by atoms with E-state index < -0.39 is 23.9 Å². The molecular weight excluding hydrogens is 406 g/mol. The van der Waals surface area contributed by atoms with Gasteiger partial charge in [-0.05, 0) is 50.1 Å². The SMILES string of the molecule is Cc1cc(C)c(NC(=O)CN2N=N[C@H]3C(=O)N(c4cccc(Cl)c4)C(=O)[C@H]32)c(C)c1. The molecule has 2 atom stereocenters. The maximum atomic E-state index is 13.0. The van der Waals surface area contributed by atoms with Crippen molar-refractivity contribution in [1.82, 2.24) is 5.01 Å². The van der Waals surface area contributed by atoms with Crippen LogP contribution in [0.3, 0.4) is 0 Å². The van der Waals surface area contributed by atoms with E-state index in [1.54, 1.807) is 18.2 Å². The molecule has 4 rings (SSSR count). The summed E-state index contributed by atoms with van der Waals surface area (Å²) in [4.78, 5) is 39.4. The third-order valence-electron chi connectivity index (χ3n) is 5.17. The number of fused-ring (bicyclic) bond motifs is 1. The number of hydrogen-bond donors (Lipinski definition) is 1. The highest BCUT2D eigenvalue weighted by molar-refractivity contribution is 6.31. The molecule has 2 aliphatic rings. The van der Waals surface area contributed by atoms with Gasteiger partial charge in [0.1, 0.15) is 6.54 Å². The van der Waals surface area contributed by atoms with Gasteiger partial charge in [0.2, 0.25) is 5.91 Å². The zero-order valence-corrected chi connectivity index (χ0v) is 17.5. The third kappa shape index (κ3) is 3.43. The summed E-state index contributed by atoms with van der Waals surface area (Å²) >= 11 is 5.99. The van der Waals surface area contributed by atoms with Gasteiger partial charge in [0.05, 0.1) is 5.69 Å². The van der Waals surface area contributed by atoms with Gasteiger partial charge in [-0.25, -0.2) is 4.90 Å². The monoisotopic (exact) mass is 425 g/mol. The number of nitrogens with one attached hydrogen (secondary N) is 1. The summed E-state index contributed by atoms with van der Waals surface area (Å²) in [6.45, 7) is 5.64. The van der Waals surface area contributed by atoms with Gasteiger partial charge in [-0.2, -0.15) is 5.11 Å². The van der Waals surface area contributed by atoms with E-state index in [4.69, 9.17) is 11.6 Å². The van der Waals surface area contributed by atoms with Gasteiger partial charge in [-0.15, -0.1) is 0 Å². The van der Waals surface area contributed by atoms with Crippen LogP contribution < -0.4 is 10.2 Å². The number of rotatable bonds is 4. The lowest BCUT2D eigenvalue weighted by Crippen LogP contribution is -2.43. The van der Waals surface area contributed by atoms with Crippen LogP contribution >= 0.6 is 11.6 Å². The second kappa shape index (κ2) is 7.53. The van der Waals surface area contributed by atoms with Crippen molar-refractivity contribution in [1.29, 1.82) is 0 Å². The van der Waals surface area contributed by atoms with E-state index in [-0.39, 0.29) is 12.5 Å². The number of carbonyl (C=O) groups excluding carboxylic acids is 3. The first kappa shape index (κ1) is 20.0. The van der Waals surface area contributed by atoms with Crippen molar-refractivity contribution in [2.45, 2.75) is 32.9 Å². The van der Waals surface area contributed by atoms with E-state index in [9.17, 15) is 14.4 Å². The van der Waals surface area contributed by atoms with Gasteiger partial charge in [0, 0.05) is 10.7 Å². The Morgan fingerprint density at radius 1 is 1.10 bits per heavy atom. The Bertz CT molecular complexity index is 1080. The Morgan fingerprint density at radius 3 is 2.47 bits per heavy atom. The van der Waals surface area contributed by atoms with Gasteiger partial charge in [0.25, 0.3) is 11.8 Å². The van der Waals surface area contributed by atoms with Crippen LogP contribution in [-0.2, 0) is 14.4 Å². The minimum absolute atomic E-state index is 0.195. The summed E-state index contributed by atoms with van der Waals surface area (Å²) in [6, 6.07) is 8.53. The molecule has 1 N–H and O–H groups in total.